The van der Waals surface area contributed by atoms with Crippen molar-refractivity contribution in [2.45, 2.75) is 6.92 Å². The third-order valence-electron chi connectivity index (χ3n) is 1.75. The summed E-state index contributed by atoms with van der Waals surface area (Å²) in [5, 5.41) is 0. The van der Waals surface area contributed by atoms with Gasteiger partial charge in [0.25, 0.3) is 5.56 Å². The number of hydrogen-bond acceptors (Lipinski definition) is 4. The van der Waals surface area contributed by atoms with Crippen LogP contribution in [0.2, 0.25) is 0 Å². The van der Waals surface area contributed by atoms with E-state index in [0.717, 1.165) is 5.69 Å². The van der Waals surface area contributed by atoms with Gasteiger partial charge in [0.2, 0.25) is 7.98 Å². The molecule has 64 valence electrons. The van der Waals surface area contributed by atoms with Gasteiger partial charge in [-0.3, -0.25) is 4.79 Å². The van der Waals surface area contributed by atoms with Gasteiger partial charge in [-0.2, -0.15) is 0 Å². The van der Waals surface area contributed by atoms with Gasteiger partial charge in [-0.15, -0.1) is 0 Å². The summed E-state index contributed by atoms with van der Waals surface area (Å²) in [6.07, 6.45) is 3.03. The second kappa shape index (κ2) is 2.65. The highest BCUT2D eigenvalue weighted by Gasteiger charge is 2.03. The van der Waals surface area contributed by atoms with E-state index in [1.807, 2.05) is 0 Å². The SMILES string of the molecule is Bn1cnc2ncc(C)nc2c1=O. The normalized spacial score (nSPS) is 10.5. The zero-order valence-electron chi connectivity index (χ0n) is 7.35. The first-order valence-electron chi connectivity index (χ1n) is 3.83. The van der Waals surface area contributed by atoms with Gasteiger partial charge in [-0.05, 0) is 6.92 Å². The Morgan fingerprint density at radius 3 is 3.00 bits per heavy atom. The zero-order chi connectivity index (χ0) is 9.42. The predicted molar refractivity (Wildman–Crippen MR) is 50.3 cm³/mol. The van der Waals surface area contributed by atoms with E-state index in [0.29, 0.717) is 11.2 Å². The molecule has 0 unspecified atom stereocenters. The molecule has 0 saturated heterocycles. The van der Waals surface area contributed by atoms with Gasteiger partial charge in [0.15, 0.2) is 11.2 Å². The molecular weight excluding hydrogens is 167 g/mol. The van der Waals surface area contributed by atoms with E-state index >= 15 is 0 Å². The first-order chi connectivity index (χ1) is 6.18. The molecule has 0 N–H and O–H groups in total. The summed E-state index contributed by atoms with van der Waals surface area (Å²) in [5.74, 6) is 0. The monoisotopic (exact) mass is 174 g/mol. The van der Waals surface area contributed by atoms with Crippen LogP contribution >= 0.6 is 0 Å². The molecular formula is C7H7BN4O. The highest BCUT2D eigenvalue weighted by molar-refractivity contribution is 6.06. The van der Waals surface area contributed by atoms with E-state index in [9.17, 15) is 4.79 Å². The van der Waals surface area contributed by atoms with Crippen LogP contribution in [0.4, 0.5) is 0 Å². The van der Waals surface area contributed by atoms with Crippen molar-refractivity contribution in [1.29, 1.82) is 0 Å². The second-order valence-corrected chi connectivity index (χ2v) is 2.84. The average molecular weight is 174 g/mol. The summed E-state index contributed by atoms with van der Waals surface area (Å²) in [7, 11) is 1.64. The first-order valence-corrected chi connectivity index (χ1v) is 3.83. The standard InChI is InChI=1S/C7H7BN4O/c1-4-2-9-6-5(11-4)7(13)12(8)3-10-6/h2-3H,8H2,1H3. The molecule has 0 aliphatic carbocycles. The maximum Gasteiger partial charge on any atom is 0.268 e. The molecule has 0 aliphatic heterocycles. The van der Waals surface area contributed by atoms with Crippen molar-refractivity contribution < 1.29 is 0 Å². The van der Waals surface area contributed by atoms with E-state index in [2.05, 4.69) is 15.0 Å². The lowest BCUT2D eigenvalue weighted by molar-refractivity contribution is 1.03. The number of nitrogens with zero attached hydrogens (tertiary/aromatic N) is 4. The second-order valence-electron chi connectivity index (χ2n) is 2.84. The molecule has 2 aromatic heterocycles. The lowest BCUT2D eigenvalue weighted by Gasteiger charge is -1.98. The lowest BCUT2D eigenvalue weighted by Crippen LogP contribution is -2.20. The lowest BCUT2D eigenvalue weighted by atomic mass is 10.3. The highest BCUT2D eigenvalue weighted by atomic mass is 16.1. The Morgan fingerprint density at radius 1 is 1.46 bits per heavy atom. The summed E-state index contributed by atoms with van der Waals surface area (Å²) < 4.78 is 1.39. The van der Waals surface area contributed by atoms with Gasteiger partial charge in [-0.25, -0.2) is 15.0 Å². The molecule has 0 bridgehead atoms. The fourth-order valence-corrected chi connectivity index (χ4v) is 1.07. The van der Waals surface area contributed by atoms with Crippen LogP contribution in [0.1, 0.15) is 5.69 Å². The summed E-state index contributed by atoms with van der Waals surface area (Å²) in [6, 6.07) is 0. The van der Waals surface area contributed by atoms with E-state index in [1.165, 1.54) is 10.8 Å². The fourth-order valence-electron chi connectivity index (χ4n) is 1.07. The van der Waals surface area contributed by atoms with E-state index in [1.54, 1.807) is 21.1 Å². The number of aryl methyl sites for hydroxylation is 1. The Labute approximate surface area is 74.9 Å². The molecule has 0 fully saturated rings. The molecule has 2 heterocycles. The van der Waals surface area contributed by atoms with Crippen LogP contribution in [0, 0.1) is 6.92 Å². The highest BCUT2D eigenvalue weighted by Crippen LogP contribution is 1.98. The third kappa shape index (κ3) is 1.20. The number of aromatic nitrogens is 4. The number of fused-ring (bicyclic) bond motifs is 1. The van der Waals surface area contributed by atoms with Gasteiger partial charge in [-0.1, -0.05) is 0 Å². The van der Waals surface area contributed by atoms with Crippen molar-refractivity contribution in [2.24, 2.45) is 0 Å². The fraction of sp³-hybridized carbons (Fsp3) is 0.143. The molecule has 2 rings (SSSR count). The minimum absolute atomic E-state index is 0.166. The molecule has 0 aromatic carbocycles. The minimum atomic E-state index is -0.166. The van der Waals surface area contributed by atoms with Crippen molar-refractivity contribution in [1.82, 2.24) is 19.4 Å². The van der Waals surface area contributed by atoms with Crippen molar-refractivity contribution in [2.75, 3.05) is 0 Å². The van der Waals surface area contributed by atoms with E-state index in [4.69, 9.17) is 0 Å². The van der Waals surface area contributed by atoms with E-state index in [-0.39, 0.29) is 5.56 Å². The van der Waals surface area contributed by atoms with Gasteiger partial charge in [0, 0.05) is 0 Å². The largest absolute Gasteiger partial charge is 0.351 e. The van der Waals surface area contributed by atoms with Crippen LogP contribution in [0.25, 0.3) is 11.2 Å². The Bertz CT molecular complexity index is 516. The van der Waals surface area contributed by atoms with Crippen molar-refractivity contribution in [3.63, 3.8) is 0 Å². The van der Waals surface area contributed by atoms with Crippen LogP contribution in [-0.2, 0) is 0 Å². The zero-order valence-corrected chi connectivity index (χ0v) is 7.35. The van der Waals surface area contributed by atoms with Crippen LogP contribution in [0.3, 0.4) is 0 Å². The number of hydrogen-bond donors (Lipinski definition) is 0. The molecule has 0 spiro atoms. The van der Waals surface area contributed by atoms with Gasteiger partial charge < -0.3 is 4.48 Å². The molecule has 5 nitrogen and oxygen atoms in total. The maximum absolute atomic E-state index is 11.5. The predicted octanol–water partition coefficient (Wildman–Crippen LogP) is -1.11. The molecule has 0 radical (unpaired) electrons. The molecule has 0 amide bonds. The Hall–Kier alpha value is -1.72. The smallest absolute Gasteiger partial charge is 0.268 e. The van der Waals surface area contributed by atoms with Crippen molar-refractivity contribution in [3.05, 3.63) is 28.6 Å². The van der Waals surface area contributed by atoms with Crippen molar-refractivity contribution in [3.8, 4) is 0 Å². The van der Waals surface area contributed by atoms with E-state index < -0.39 is 0 Å². The van der Waals surface area contributed by atoms with Crippen LogP contribution < -0.4 is 5.56 Å². The number of rotatable bonds is 0. The molecule has 0 saturated carbocycles. The molecule has 6 heteroatoms. The topological polar surface area (TPSA) is 60.7 Å². The molecule has 2 aromatic rings. The Morgan fingerprint density at radius 2 is 2.23 bits per heavy atom. The first kappa shape index (κ1) is 7.91. The maximum atomic E-state index is 11.5. The van der Waals surface area contributed by atoms with Gasteiger partial charge >= 0.3 is 0 Å². The average Bonchev–Trinajstić information content (AvgIpc) is 2.12. The van der Waals surface area contributed by atoms with Gasteiger partial charge in [0.05, 0.1) is 18.2 Å². The summed E-state index contributed by atoms with van der Waals surface area (Å²) in [6.45, 7) is 1.79. The molecule has 0 aliphatic rings. The Balaban J connectivity index is 2.97. The molecule has 13 heavy (non-hydrogen) atoms. The van der Waals surface area contributed by atoms with Crippen LogP contribution in [-0.4, -0.2) is 27.4 Å². The third-order valence-corrected chi connectivity index (χ3v) is 1.75. The van der Waals surface area contributed by atoms with Crippen LogP contribution in [0.15, 0.2) is 17.3 Å². The van der Waals surface area contributed by atoms with Crippen LogP contribution in [0.5, 0.6) is 0 Å². The summed E-state index contributed by atoms with van der Waals surface area (Å²) in [5.41, 5.74) is 1.28. The van der Waals surface area contributed by atoms with Crippen molar-refractivity contribution >= 4 is 19.1 Å². The summed E-state index contributed by atoms with van der Waals surface area (Å²) >= 11 is 0. The van der Waals surface area contributed by atoms with Gasteiger partial charge in [0.1, 0.15) is 0 Å². The quantitative estimate of drug-likeness (QED) is 0.475. The summed E-state index contributed by atoms with van der Waals surface area (Å²) in [4.78, 5) is 23.5. The molecule has 0 atom stereocenters. The Kier molecular flexibility index (Phi) is 1.61. The minimum Gasteiger partial charge on any atom is -0.351 e.